The second-order valence-corrected chi connectivity index (χ2v) is 11.0. The van der Waals surface area contributed by atoms with Crippen LogP contribution in [0.2, 0.25) is 0 Å². The van der Waals surface area contributed by atoms with Crippen molar-refractivity contribution in [3.63, 3.8) is 0 Å². The van der Waals surface area contributed by atoms with Crippen LogP contribution in [0.25, 0.3) is 17.2 Å². The summed E-state index contributed by atoms with van der Waals surface area (Å²) in [5, 5.41) is 11.6. The molecule has 5 rings (SSSR count). The van der Waals surface area contributed by atoms with Crippen LogP contribution in [0.1, 0.15) is 63.8 Å². The molecule has 7 heteroatoms. The fraction of sp³-hybridized carbons (Fsp3) is 0.389. The third-order valence-corrected chi connectivity index (χ3v) is 8.10. The number of carbonyl (C=O) groups is 2. The summed E-state index contributed by atoms with van der Waals surface area (Å²) < 4.78 is 18.5. The first-order valence-corrected chi connectivity index (χ1v) is 15.0. The quantitative estimate of drug-likeness (QED) is 0.214. The Morgan fingerprint density at radius 1 is 0.953 bits per heavy atom. The van der Waals surface area contributed by atoms with Gasteiger partial charge < -0.3 is 14.7 Å². The number of allylic oxidation sites excluding steroid dienone is 1. The molecule has 0 aliphatic heterocycles. The maximum atomic E-state index is 14.6. The number of amides is 1. The average molecular weight is 589 g/mol. The standard InChI is InChI=1S/C32H35FN2O2.C2H4O2.C2H6/c1-4-5-21-17-27(33)20-29(18-21)35(32(37)30-19-22-6-7-26(30)16-22)31(36)25-10-8-23(9-11-25)24-12-14-28(15-13-24)34(2)3;1-4-2-3;1-2/h4-5,8-15,17-18,20,22,26,30-31,36H,6-7,16,19H2,1-3H3;2H,1H3;1-2H3/b5-4+;;. The molecule has 3 aromatic carbocycles. The molecule has 0 spiro atoms. The van der Waals surface area contributed by atoms with Gasteiger partial charge in [-0.25, -0.2) is 4.39 Å². The summed E-state index contributed by atoms with van der Waals surface area (Å²) in [5.41, 5.74) is 4.86. The fourth-order valence-electron chi connectivity index (χ4n) is 6.09. The van der Waals surface area contributed by atoms with Gasteiger partial charge in [0.1, 0.15) is 5.82 Å². The number of anilines is 2. The van der Waals surface area contributed by atoms with Gasteiger partial charge in [0.15, 0.2) is 6.23 Å². The van der Waals surface area contributed by atoms with E-state index in [0.29, 0.717) is 35.1 Å². The number of hydrogen-bond donors (Lipinski definition) is 1. The van der Waals surface area contributed by atoms with E-state index >= 15 is 0 Å². The maximum absolute atomic E-state index is 14.6. The highest BCUT2D eigenvalue weighted by molar-refractivity contribution is 5.96. The molecule has 43 heavy (non-hydrogen) atoms. The molecule has 3 aromatic rings. The topological polar surface area (TPSA) is 70.1 Å². The molecular weight excluding hydrogens is 543 g/mol. The summed E-state index contributed by atoms with van der Waals surface area (Å²) in [6.45, 7) is 6.24. The molecule has 4 unspecified atom stereocenters. The maximum Gasteiger partial charge on any atom is 0.292 e. The van der Waals surface area contributed by atoms with Gasteiger partial charge in [0.2, 0.25) is 5.91 Å². The van der Waals surface area contributed by atoms with Gasteiger partial charge in [0.25, 0.3) is 6.47 Å². The van der Waals surface area contributed by atoms with Gasteiger partial charge in [-0.3, -0.25) is 14.5 Å². The van der Waals surface area contributed by atoms with Crippen LogP contribution >= 0.6 is 0 Å². The lowest BCUT2D eigenvalue weighted by Crippen LogP contribution is -2.41. The Kier molecular flexibility index (Phi) is 12.5. The molecule has 2 fully saturated rings. The summed E-state index contributed by atoms with van der Waals surface area (Å²) in [5.74, 6) is 0.266. The van der Waals surface area contributed by atoms with E-state index in [1.807, 2.05) is 65.2 Å². The molecule has 1 amide bonds. The second kappa shape index (κ2) is 16.0. The molecule has 1 N–H and O–H groups in total. The largest absolute Gasteiger partial charge is 0.471 e. The minimum Gasteiger partial charge on any atom is -0.471 e. The highest BCUT2D eigenvalue weighted by Gasteiger charge is 2.45. The van der Waals surface area contributed by atoms with Crippen LogP contribution in [0.5, 0.6) is 0 Å². The number of carbonyl (C=O) groups excluding carboxylic acids is 2. The van der Waals surface area contributed by atoms with Crippen molar-refractivity contribution in [2.24, 2.45) is 17.8 Å². The lowest BCUT2D eigenvalue weighted by Gasteiger charge is -2.33. The molecule has 2 bridgehead atoms. The Labute approximate surface area is 255 Å². The molecule has 2 aliphatic carbocycles. The normalized spacial score (nSPS) is 19.0. The molecule has 2 aliphatic rings. The summed E-state index contributed by atoms with van der Waals surface area (Å²) in [6, 6.07) is 20.5. The predicted octanol–water partition coefficient (Wildman–Crippen LogP) is 7.87. The Hall–Kier alpha value is -3.97. The number of ether oxygens (including phenoxy) is 1. The summed E-state index contributed by atoms with van der Waals surface area (Å²) in [7, 11) is 5.33. The van der Waals surface area contributed by atoms with E-state index in [-0.39, 0.29) is 11.8 Å². The number of benzene rings is 3. The first kappa shape index (κ1) is 33.5. The number of hydrogen-bond acceptors (Lipinski definition) is 5. The Morgan fingerprint density at radius 2 is 1.56 bits per heavy atom. The van der Waals surface area contributed by atoms with Gasteiger partial charge in [-0.1, -0.05) is 68.8 Å². The molecule has 0 heterocycles. The van der Waals surface area contributed by atoms with E-state index in [4.69, 9.17) is 4.79 Å². The van der Waals surface area contributed by atoms with E-state index in [2.05, 4.69) is 33.9 Å². The number of halogens is 1. The lowest BCUT2D eigenvalue weighted by atomic mass is 9.87. The smallest absolute Gasteiger partial charge is 0.292 e. The number of aliphatic hydroxyl groups excluding tert-OH is 1. The van der Waals surface area contributed by atoms with Gasteiger partial charge in [0, 0.05) is 31.3 Å². The van der Waals surface area contributed by atoms with Crippen LogP contribution in [0.4, 0.5) is 15.8 Å². The van der Waals surface area contributed by atoms with Crippen LogP contribution in [0.3, 0.4) is 0 Å². The zero-order chi connectivity index (χ0) is 31.5. The van der Waals surface area contributed by atoms with E-state index in [0.717, 1.165) is 36.1 Å². The van der Waals surface area contributed by atoms with Crippen molar-refractivity contribution in [1.82, 2.24) is 0 Å². The van der Waals surface area contributed by atoms with Crippen molar-refractivity contribution in [3.05, 3.63) is 89.8 Å². The molecule has 6 nitrogen and oxygen atoms in total. The molecule has 230 valence electrons. The monoisotopic (exact) mass is 588 g/mol. The number of methoxy groups -OCH3 is 1. The van der Waals surface area contributed by atoms with Crippen molar-refractivity contribution in [2.75, 3.05) is 31.0 Å². The molecule has 0 aromatic heterocycles. The lowest BCUT2D eigenvalue weighted by molar-refractivity contribution is -0.126. The van der Waals surface area contributed by atoms with Crippen LogP contribution in [0.15, 0.2) is 72.8 Å². The molecular formula is C36H45FN2O4. The van der Waals surface area contributed by atoms with Crippen molar-refractivity contribution in [3.8, 4) is 11.1 Å². The molecule has 2 saturated carbocycles. The van der Waals surface area contributed by atoms with Crippen molar-refractivity contribution < 1.29 is 23.8 Å². The first-order chi connectivity index (χ1) is 20.7. The van der Waals surface area contributed by atoms with Gasteiger partial charge >= 0.3 is 0 Å². The number of fused-ring (bicyclic) bond motifs is 2. The fourth-order valence-corrected chi connectivity index (χ4v) is 6.09. The van der Waals surface area contributed by atoms with Crippen molar-refractivity contribution in [2.45, 2.75) is 52.7 Å². The van der Waals surface area contributed by atoms with Crippen molar-refractivity contribution >= 4 is 29.8 Å². The van der Waals surface area contributed by atoms with Gasteiger partial charge in [-0.05, 0) is 85.0 Å². The summed E-state index contributed by atoms with van der Waals surface area (Å²) in [6.07, 6.45) is 6.59. The summed E-state index contributed by atoms with van der Waals surface area (Å²) in [4.78, 5) is 26.4. The molecule has 0 saturated heterocycles. The minimum atomic E-state index is -1.21. The van der Waals surface area contributed by atoms with Gasteiger partial charge in [0.05, 0.1) is 12.8 Å². The SMILES string of the molecule is C/C=C/c1cc(F)cc(N(C(=O)C2CC3CCC2C3)C(O)c2ccc(-c3ccc(N(C)C)cc3)cc2)c1.CC.COC=O. The first-order valence-electron chi connectivity index (χ1n) is 15.0. The highest BCUT2D eigenvalue weighted by atomic mass is 19.1. The van der Waals surface area contributed by atoms with E-state index in [9.17, 15) is 14.3 Å². The zero-order valence-electron chi connectivity index (χ0n) is 26.2. The van der Waals surface area contributed by atoms with E-state index in [1.165, 1.54) is 30.6 Å². The molecule has 0 radical (unpaired) electrons. The summed E-state index contributed by atoms with van der Waals surface area (Å²) >= 11 is 0. The third-order valence-electron chi connectivity index (χ3n) is 8.10. The molecule has 4 atom stereocenters. The van der Waals surface area contributed by atoms with Crippen LogP contribution in [-0.4, -0.2) is 38.7 Å². The number of nitrogens with zero attached hydrogens (tertiary/aromatic N) is 2. The van der Waals surface area contributed by atoms with Crippen LogP contribution < -0.4 is 9.80 Å². The zero-order valence-corrected chi connectivity index (χ0v) is 26.2. The third kappa shape index (κ3) is 8.32. The Bertz CT molecular complexity index is 1350. The van der Waals surface area contributed by atoms with Gasteiger partial charge in [-0.2, -0.15) is 0 Å². The highest BCUT2D eigenvalue weighted by Crippen LogP contribution is 2.49. The minimum absolute atomic E-state index is 0.111. The number of rotatable bonds is 8. The van der Waals surface area contributed by atoms with E-state index < -0.39 is 12.0 Å². The Morgan fingerprint density at radius 3 is 2.05 bits per heavy atom. The van der Waals surface area contributed by atoms with Crippen LogP contribution in [0, 0.1) is 23.6 Å². The number of aliphatic hydroxyl groups is 1. The average Bonchev–Trinajstić information content (AvgIpc) is 3.67. The van der Waals surface area contributed by atoms with Gasteiger partial charge in [-0.15, -0.1) is 0 Å². The van der Waals surface area contributed by atoms with E-state index in [1.54, 1.807) is 12.1 Å². The Balaban J connectivity index is 0.000000780. The van der Waals surface area contributed by atoms with Crippen molar-refractivity contribution in [1.29, 1.82) is 0 Å². The second-order valence-electron chi connectivity index (χ2n) is 11.0. The van der Waals surface area contributed by atoms with Crippen LogP contribution in [-0.2, 0) is 14.3 Å². The predicted molar refractivity (Wildman–Crippen MR) is 173 cm³/mol.